The molecule has 0 aliphatic carbocycles. The summed E-state index contributed by atoms with van der Waals surface area (Å²) in [5.41, 5.74) is -0.182. The molecule has 6 heteroatoms. The smallest absolute Gasteiger partial charge is 0.325 e. The molecule has 0 saturated carbocycles. The molecule has 0 unspecified atom stereocenters. The van der Waals surface area contributed by atoms with E-state index in [4.69, 9.17) is 5.11 Å². The average Bonchev–Trinajstić information content (AvgIpc) is 2.65. The van der Waals surface area contributed by atoms with Crippen LogP contribution in [0.4, 0.5) is 8.78 Å². The monoisotopic (exact) mass is 238 g/mol. The van der Waals surface area contributed by atoms with Gasteiger partial charge in [0.2, 0.25) is 0 Å². The third kappa shape index (κ3) is 2.30. The van der Waals surface area contributed by atoms with Crippen LogP contribution in [0.25, 0.3) is 11.3 Å². The van der Waals surface area contributed by atoms with Crippen molar-refractivity contribution >= 4 is 5.97 Å². The van der Waals surface area contributed by atoms with Crippen molar-refractivity contribution in [2.45, 2.75) is 6.54 Å². The van der Waals surface area contributed by atoms with Gasteiger partial charge in [0, 0.05) is 6.20 Å². The third-order valence-corrected chi connectivity index (χ3v) is 2.16. The highest BCUT2D eigenvalue weighted by Crippen LogP contribution is 2.23. The van der Waals surface area contributed by atoms with E-state index in [1.165, 1.54) is 18.3 Å². The van der Waals surface area contributed by atoms with Crippen molar-refractivity contribution in [3.05, 3.63) is 42.1 Å². The van der Waals surface area contributed by atoms with Crippen molar-refractivity contribution in [2.75, 3.05) is 0 Å². The number of aliphatic carboxylic acids is 1. The second kappa shape index (κ2) is 4.32. The van der Waals surface area contributed by atoms with Gasteiger partial charge in [0.15, 0.2) is 0 Å². The van der Waals surface area contributed by atoms with Crippen LogP contribution in [0.1, 0.15) is 0 Å². The van der Waals surface area contributed by atoms with E-state index in [1.807, 2.05) is 0 Å². The Morgan fingerprint density at radius 2 is 1.94 bits per heavy atom. The number of halogens is 2. The fourth-order valence-electron chi connectivity index (χ4n) is 1.46. The third-order valence-electron chi connectivity index (χ3n) is 2.16. The molecule has 0 aliphatic rings. The maximum absolute atomic E-state index is 13.4. The maximum Gasteiger partial charge on any atom is 0.325 e. The Labute approximate surface area is 95.1 Å². The second-order valence-corrected chi connectivity index (χ2v) is 3.39. The molecule has 0 saturated heterocycles. The molecule has 0 amide bonds. The lowest BCUT2D eigenvalue weighted by Crippen LogP contribution is -2.09. The molecule has 0 spiro atoms. The molecule has 2 rings (SSSR count). The van der Waals surface area contributed by atoms with E-state index in [0.717, 1.165) is 16.8 Å². The molecule has 1 N–H and O–H groups in total. The topological polar surface area (TPSA) is 55.1 Å². The Bertz CT molecular complexity index is 546. The Morgan fingerprint density at radius 3 is 2.53 bits per heavy atom. The highest BCUT2D eigenvalue weighted by molar-refractivity contribution is 5.67. The molecule has 1 aromatic carbocycles. The van der Waals surface area contributed by atoms with Crippen LogP contribution in [-0.2, 0) is 11.3 Å². The van der Waals surface area contributed by atoms with Gasteiger partial charge in [0.05, 0.1) is 11.3 Å². The number of carbonyl (C=O) groups is 1. The fraction of sp³-hybridized carbons (Fsp3) is 0.0909. The summed E-state index contributed by atoms with van der Waals surface area (Å²) >= 11 is 0. The zero-order chi connectivity index (χ0) is 12.4. The van der Waals surface area contributed by atoms with Crippen LogP contribution in [-0.4, -0.2) is 20.9 Å². The molecule has 1 heterocycles. The number of carboxylic acids is 1. The first-order chi connectivity index (χ1) is 8.08. The average molecular weight is 238 g/mol. The summed E-state index contributed by atoms with van der Waals surface area (Å²) in [4.78, 5) is 10.4. The molecule has 0 atom stereocenters. The zero-order valence-electron chi connectivity index (χ0n) is 8.60. The minimum absolute atomic E-state index is 0.0712. The minimum atomic E-state index is -1.08. The first-order valence-electron chi connectivity index (χ1n) is 4.77. The van der Waals surface area contributed by atoms with E-state index in [2.05, 4.69) is 5.10 Å². The number of nitrogens with zero attached hydrogens (tertiary/aromatic N) is 2. The van der Waals surface area contributed by atoms with Crippen molar-refractivity contribution in [3.8, 4) is 11.3 Å². The van der Waals surface area contributed by atoms with Gasteiger partial charge in [0.25, 0.3) is 0 Å². The van der Waals surface area contributed by atoms with Crippen LogP contribution in [0.3, 0.4) is 0 Å². The van der Waals surface area contributed by atoms with Crippen molar-refractivity contribution < 1.29 is 18.7 Å². The summed E-state index contributed by atoms with van der Waals surface area (Å²) in [6.07, 6.45) is 1.36. The summed E-state index contributed by atoms with van der Waals surface area (Å²) in [5, 5.41) is 12.3. The molecule has 1 aromatic heterocycles. The lowest BCUT2D eigenvalue weighted by Gasteiger charge is -2.00. The molecular weight excluding hydrogens is 230 g/mol. The molecule has 17 heavy (non-hydrogen) atoms. The molecular formula is C11H8F2N2O2. The largest absolute Gasteiger partial charge is 0.480 e. The lowest BCUT2D eigenvalue weighted by atomic mass is 10.1. The van der Waals surface area contributed by atoms with Crippen LogP contribution < -0.4 is 0 Å². The summed E-state index contributed by atoms with van der Waals surface area (Å²) in [5.74, 6) is -2.54. The van der Waals surface area contributed by atoms with Gasteiger partial charge in [-0.05, 0) is 18.2 Å². The Hall–Kier alpha value is -2.24. The molecule has 0 bridgehead atoms. The second-order valence-electron chi connectivity index (χ2n) is 3.39. The van der Waals surface area contributed by atoms with Crippen LogP contribution >= 0.6 is 0 Å². The van der Waals surface area contributed by atoms with Gasteiger partial charge in [-0.3, -0.25) is 9.48 Å². The number of carboxylic acid groups (broad SMARTS) is 1. The van der Waals surface area contributed by atoms with E-state index in [9.17, 15) is 13.6 Å². The van der Waals surface area contributed by atoms with Gasteiger partial charge in [-0.1, -0.05) is 6.07 Å². The molecule has 0 fully saturated rings. The highest BCUT2D eigenvalue weighted by atomic mass is 19.1. The predicted octanol–water partition coefficient (Wildman–Crippen LogP) is 1.91. The van der Waals surface area contributed by atoms with E-state index in [0.29, 0.717) is 0 Å². The molecule has 0 radical (unpaired) electrons. The molecule has 88 valence electrons. The van der Waals surface area contributed by atoms with Gasteiger partial charge in [-0.25, -0.2) is 8.78 Å². The number of hydrogen-bond donors (Lipinski definition) is 1. The van der Waals surface area contributed by atoms with E-state index in [1.54, 1.807) is 0 Å². The van der Waals surface area contributed by atoms with Crippen LogP contribution in [0.15, 0.2) is 30.5 Å². The summed E-state index contributed by atoms with van der Waals surface area (Å²) < 4.78 is 27.9. The lowest BCUT2D eigenvalue weighted by molar-refractivity contribution is -0.137. The Kier molecular flexibility index (Phi) is 2.86. The van der Waals surface area contributed by atoms with E-state index >= 15 is 0 Å². The summed E-state index contributed by atoms with van der Waals surface area (Å²) in [6, 6.07) is 4.86. The maximum atomic E-state index is 13.4. The summed E-state index contributed by atoms with van der Waals surface area (Å²) in [7, 11) is 0. The van der Waals surface area contributed by atoms with Crippen molar-refractivity contribution in [1.29, 1.82) is 0 Å². The van der Waals surface area contributed by atoms with E-state index < -0.39 is 17.6 Å². The van der Waals surface area contributed by atoms with Gasteiger partial charge in [-0.15, -0.1) is 0 Å². The van der Waals surface area contributed by atoms with Gasteiger partial charge >= 0.3 is 5.97 Å². The molecule has 0 aliphatic heterocycles. The highest BCUT2D eigenvalue weighted by Gasteiger charge is 2.13. The standard InChI is InChI=1S/C11H8F2N2O2/c12-7-2-1-3-8(13)11(7)9-4-5-15(14-9)6-10(16)17/h1-5H,6H2,(H,16,17). The van der Waals surface area contributed by atoms with Crippen LogP contribution in [0, 0.1) is 11.6 Å². The van der Waals surface area contributed by atoms with Gasteiger partial charge in [0.1, 0.15) is 18.2 Å². The number of benzene rings is 1. The van der Waals surface area contributed by atoms with Crippen LogP contribution in [0.5, 0.6) is 0 Å². The quantitative estimate of drug-likeness (QED) is 0.888. The first-order valence-corrected chi connectivity index (χ1v) is 4.77. The molecule has 2 aromatic rings. The molecule has 4 nitrogen and oxygen atoms in total. The normalized spacial score (nSPS) is 10.5. The van der Waals surface area contributed by atoms with Gasteiger partial charge < -0.3 is 5.11 Å². The first kappa shape index (κ1) is 11.3. The Balaban J connectivity index is 2.40. The minimum Gasteiger partial charge on any atom is -0.480 e. The number of aromatic nitrogens is 2. The Morgan fingerprint density at radius 1 is 1.29 bits per heavy atom. The predicted molar refractivity (Wildman–Crippen MR) is 55.2 cm³/mol. The van der Waals surface area contributed by atoms with Crippen molar-refractivity contribution in [2.24, 2.45) is 0 Å². The number of rotatable bonds is 3. The van der Waals surface area contributed by atoms with Gasteiger partial charge in [-0.2, -0.15) is 5.10 Å². The zero-order valence-corrected chi connectivity index (χ0v) is 8.60. The van der Waals surface area contributed by atoms with Crippen molar-refractivity contribution in [1.82, 2.24) is 9.78 Å². The SMILES string of the molecule is O=C(O)Cn1ccc(-c2c(F)cccc2F)n1. The fourth-order valence-corrected chi connectivity index (χ4v) is 1.46. The van der Waals surface area contributed by atoms with Crippen molar-refractivity contribution in [3.63, 3.8) is 0 Å². The van der Waals surface area contributed by atoms with E-state index in [-0.39, 0.29) is 17.8 Å². The summed E-state index contributed by atoms with van der Waals surface area (Å²) in [6.45, 7) is -0.351. The number of hydrogen-bond acceptors (Lipinski definition) is 2. The van der Waals surface area contributed by atoms with Crippen LogP contribution in [0.2, 0.25) is 0 Å².